The highest BCUT2D eigenvalue weighted by atomic mass is 16.7. The summed E-state index contributed by atoms with van der Waals surface area (Å²) in [5.74, 6) is 3.33. The number of benzene rings is 1. The van der Waals surface area contributed by atoms with E-state index in [0.29, 0.717) is 6.79 Å². The highest BCUT2D eigenvalue weighted by molar-refractivity contribution is 5.79. The van der Waals surface area contributed by atoms with Crippen LogP contribution in [0.1, 0.15) is 24.8 Å². The van der Waals surface area contributed by atoms with Crippen molar-refractivity contribution in [3.8, 4) is 11.5 Å². The molecule has 2 aliphatic rings. The Labute approximate surface area is 143 Å². The minimum atomic E-state index is 0.317. The number of nitrogens with zero attached hydrogens (tertiary/aromatic N) is 1. The van der Waals surface area contributed by atoms with Gasteiger partial charge in [-0.05, 0) is 49.3 Å². The zero-order chi connectivity index (χ0) is 16.6. The van der Waals surface area contributed by atoms with Crippen LogP contribution >= 0.6 is 0 Å². The number of hydrogen-bond acceptors (Lipinski definition) is 4. The van der Waals surface area contributed by atoms with Gasteiger partial charge in [0.25, 0.3) is 0 Å². The van der Waals surface area contributed by atoms with E-state index < -0.39 is 0 Å². The van der Waals surface area contributed by atoms with E-state index in [1.807, 2.05) is 12.1 Å². The van der Waals surface area contributed by atoms with Gasteiger partial charge in [0.15, 0.2) is 17.5 Å². The zero-order valence-corrected chi connectivity index (χ0v) is 14.3. The molecule has 1 aromatic carbocycles. The molecule has 0 saturated heterocycles. The maximum atomic E-state index is 5.63. The Bertz CT molecular complexity index is 558. The van der Waals surface area contributed by atoms with Gasteiger partial charge in [0.2, 0.25) is 6.79 Å². The molecule has 6 heteroatoms. The van der Waals surface area contributed by atoms with Crippen LogP contribution in [-0.4, -0.2) is 46.1 Å². The fourth-order valence-corrected chi connectivity index (χ4v) is 2.56. The summed E-state index contributed by atoms with van der Waals surface area (Å²) in [6, 6.07) is 6.08. The number of fused-ring (bicyclic) bond motifs is 1. The van der Waals surface area contributed by atoms with Gasteiger partial charge in [0.05, 0.1) is 0 Å². The third-order valence-corrected chi connectivity index (χ3v) is 4.18. The molecular formula is C18H27N3O3. The van der Waals surface area contributed by atoms with Crippen molar-refractivity contribution in [1.82, 2.24) is 10.6 Å². The molecule has 0 bridgehead atoms. The Hall–Kier alpha value is -1.95. The minimum absolute atomic E-state index is 0.317. The second-order valence-corrected chi connectivity index (χ2v) is 6.24. The van der Waals surface area contributed by atoms with E-state index in [9.17, 15) is 0 Å². The van der Waals surface area contributed by atoms with E-state index >= 15 is 0 Å². The van der Waals surface area contributed by atoms with Gasteiger partial charge >= 0.3 is 0 Å². The molecule has 0 spiro atoms. The molecule has 1 heterocycles. The van der Waals surface area contributed by atoms with Crippen LogP contribution in [-0.2, 0) is 11.2 Å². The first kappa shape index (κ1) is 16.9. The molecule has 0 aromatic heterocycles. The van der Waals surface area contributed by atoms with Crippen LogP contribution in [0.25, 0.3) is 0 Å². The van der Waals surface area contributed by atoms with Crippen molar-refractivity contribution in [3.05, 3.63) is 23.8 Å². The highest BCUT2D eigenvalue weighted by Gasteiger charge is 2.20. The Balaban J connectivity index is 1.28. The van der Waals surface area contributed by atoms with Gasteiger partial charge in [0.1, 0.15) is 0 Å². The number of ether oxygens (including phenoxy) is 3. The maximum absolute atomic E-state index is 5.63. The first-order valence-electron chi connectivity index (χ1n) is 8.76. The Morgan fingerprint density at radius 1 is 1.21 bits per heavy atom. The topological polar surface area (TPSA) is 64.1 Å². The molecule has 0 radical (unpaired) electrons. The second-order valence-electron chi connectivity index (χ2n) is 6.24. The summed E-state index contributed by atoms with van der Waals surface area (Å²) < 4.78 is 16.4. The molecule has 1 fully saturated rings. The van der Waals surface area contributed by atoms with E-state index in [1.54, 1.807) is 7.05 Å². The lowest BCUT2D eigenvalue weighted by atomic mass is 10.1. The number of aliphatic imine (C=N–C) groups is 1. The molecular weight excluding hydrogens is 306 g/mol. The van der Waals surface area contributed by atoms with Crippen molar-refractivity contribution in [2.24, 2.45) is 10.9 Å². The molecule has 1 aliphatic carbocycles. The predicted molar refractivity (Wildman–Crippen MR) is 93.8 cm³/mol. The molecule has 132 valence electrons. The first-order chi connectivity index (χ1) is 11.8. The van der Waals surface area contributed by atoms with E-state index in [4.69, 9.17) is 14.2 Å². The van der Waals surface area contributed by atoms with E-state index in [-0.39, 0.29) is 0 Å². The van der Waals surface area contributed by atoms with E-state index in [0.717, 1.165) is 62.5 Å². The SMILES string of the molecule is CN=C(NCCCOCC1CC1)NCCc1ccc2c(c1)OCO2. The van der Waals surface area contributed by atoms with Crippen LogP contribution in [0.15, 0.2) is 23.2 Å². The molecule has 0 atom stereocenters. The van der Waals surface area contributed by atoms with E-state index in [2.05, 4.69) is 21.7 Å². The molecule has 6 nitrogen and oxygen atoms in total. The van der Waals surface area contributed by atoms with Crippen molar-refractivity contribution in [2.45, 2.75) is 25.7 Å². The summed E-state index contributed by atoms with van der Waals surface area (Å²) in [5.41, 5.74) is 1.22. The Kier molecular flexibility index (Phi) is 6.18. The van der Waals surface area contributed by atoms with E-state index in [1.165, 1.54) is 18.4 Å². The van der Waals surface area contributed by atoms with Gasteiger partial charge in [-0.25, -0.2) is 0 Å². The van der Waals surface area contributed by atoms with Gasteiger partial charge in [-0.1, -0.05) is 6.07 Å². The van der Waals surface area contributed by atoms with Crippen molar-refractivity contribution in [3.63, 3.8) is 0 Å². The number of nitrogens with one attached hydrogen (secondary N) is 2. The number of rotatable bonds is 9. The third kappa shape index (κ3) is 5.30. The number of guanidine groups is 1. The minimum Gasteiger partial charge on any atom is -0.454 e. The average Bonchev–Trinajstić information content (AvgIpc) is 3.31. The first-order valence-corrected chi connectivity index (χ1v) is 8.76. The van der Waals surface area contributed by atoms with Gasteiger partial charge in [0, 0.05) is 33.4 Å². The molecule has 1 saturated carbocycles. The fraction of sp³-hybridized carbons (Fsp3) is 0.611. The van der Waals surface area contributed by atoms with Gasteiger partial charge in [-0.3, -0.25) is 4.99 Å². The Morgan fingerprint density at radius 3 is 2.88 bits per heavy atom. The van der Waals surface area contributed by atoms with Gasteiger partial charge in [-0.2, -0.15) is 0 Å². The molecule has 2 N–H and O–H groups in total. The zero-order valence-electron chi connectivity index (χ0n) is 14.3. The van der Waals surface area contributed by atoms with Crippen LogP contribution < -0.4 is 20.1 Å². The quantitative estimate of drug-likeness (QED) is 0.411. The van der Waals surface area contributed by atoms with Crippen LogP contribution in [0.5, 0.6) is 11.5 Å². The highest BCUT2D eigenvalue weighted by Crippen LogP contribution is 2.32. The molecule has 1 aliphatic heterocycles. The largest absolute Gasteiger partial charge is 0.454 e. The molecule has 24 heavy (non-hydrogen) atoms. The predicted octanol–water partition coefficient (Wildman–Crippen LogP) is 1.94. The summed E-state index contributed by atoms with van der Waals surface area (Å²) in [6.07, 6.45) is 4.59. The summed E-state index contributed by atoms with van der Waals surface area (Å²) in [7, 11) is 1.79. The van der Waals surface area contributed by atoms with Crippen molar-refractivity contribution in [1.29, 1.82) is 0 Å². The van der Waals surface area contributed by atoms with Gasteiger partial charge in [-0.15, -0.1) is 0 Å². The monoisotopic (exact) mass is 333 g/mol. The molecule has 0 amide bonds. The van der Waals surface area contributed by atoms with Crippen molar-refractivity contribution in [2.75, 3.05) is 40.1 Å². The summed E-state index contributed by atoms with van der Waals surface area (Å²) in [5, 5.41) is 6.65. The normalized spacial score (nSPS) is 16.3. The Morgan fingerprint density at radius 2 is 2.04 bits per heavy atom. The maximum Gasteiger partial charge on any atom is 0.231 e. The lowest BCUT2D eigenvalue weighted by Crippen LogP contribution is -2.39. The lowest BCUT2D eigenvalue weighted by Gasteiger charge is -2.12. The fourth-order valence-electron chi connectivity index (χ4n) is 2.56. The van der Waals surface area contributed by atoms with Crippen LogP contribution in [0.3, 0.4) is 0 Å². The summed E-state index contributed by atoms with van der Waals surface area (Å²) in [4.78, 5) is 4.24. The standard InChI is InChI=1S/C18H27N3O3/c1-19-18(20-8-2-10-22-12-15-3-4-15)21-9-7-14-5-6-16-17(11-14)24-13-23-16/h5-6,11,15H,2-4,7-10,12-13H2,1H3,(H2,19,20,21). The third-order valence-electron chi connectivity index (χ3n) is 4.18. The molecule has 0 unspecified atom stereocenters. The van der Waals surface area contributed by atoms with Crippen molar-refractivity contribution < 1.29 is 14.2 Å². The van der Waals surface area contributed by atoms with Gasteiger partial charge < -0.3 is 24.8 Å². The smallest absolute Gasteiger partial charge is 0.231 e. The van der Waals surface area contributed by atoms with Crippen LogP contribution in [0.4, 0.5) is 0 Å². The summed E-state index contributed by atoms with van der Waals surface area (Å²) in [6.45, 7) is 3.75. The molecule has 3 rings (SSSR count). The number of hydrogen-bond donors (Lipinski definition) is 2. The van der Waals surface area contributed by atoms with Crippen molar-refractivity contribution >= 4 is 5.96 Å². The molecule has 1 aromatic rings. The average molecular weight is 333 g/mol. The van der Waals surface area contributed by atoms with Crippen LogP contribution in [0, 0.1) is 5.92 Å². The lowest BCUT2D eigenvalue weighted by molar-refractivity contribution is 0.123. The van der Waals surface area contributed by atoms with Crippen LogP contribution in [0.2, 0.25) is 0 Å². The second kappa shape index (κ2) is 8.78. The summed E-state index contributed by atoms with van der Waals surface area (Å²) >= 11 is 0.